The number of amides is 2. The second-order valence-electron chi connectivity index (χ2n) is 8.78. The molecule has 0 aliphatic carbocycles. The van der Waals surface area contributed by atoms with E-state index >= 15 is 0 Å². The number of sulfonamides is 1. The summed E-state index contributed by atoms with van der Waals surface area (Å²) in [6.07, 6.45) is -3.37. The van der Waals surface area contributed by atoms with Crippen LogP contribution >= 0.6 is 0 Å². The number of benzene rings is 3. The molecule has 3 aromatic carbocycles. The Kier molecular flexibility index (Phi) is 8.01. The summed E-state index contributed by atoms with van der Waals surface area (Å²) in [5.41, 5.74) is 1.16. The first kappa shape index (κ1) is 27.8. The predicted molar refractivity (Wildman–Crippen MR) is 143 cm³/mol. The van der Waals surface area contributed by atoms with Gasteiger partial charge in [0.1, 0.15) is 0 Å². The Hall–Kier alpha value is -4.25. The van der Waals surface area contributed by atoms with E-state index in [-0.39, 0.29) is 22.6 Å². The second-order valence-corrected chi connectivity index (χ2v) is 10.6. The fourth-order valence-electron chi connectivity index (χ4n) is 3.82. The van der Waals surface area contributed by atoms with Gasteiger partial charge in [0, 0.05) is 16.5 Å². The molecule has 7 nitrogen and oxygen atoms in total. The number of alkyl halides is 3. The molecule has 0 saturated carbocycles. The second kappa shape index (κ2) is 11.2. The molecule has 0 aliphatic heterocycles. The molecule has 0 unspecified atom stereocenters. The zero-order valence-electron chi connectivity index (χ0n) is 20.7. The molecule has 4 rings (SSSR count). The first-order valence-corrected chi connectivity index (χ1v) is 13.7. The van der Waals surface area contributed by atoms with Crippen molar-refractivity contribution in [3.8, 4) is 11.3 Å². The van der Waals surface area contributed by atoms with Crippen LogP contribution in [-0.2, 0) is 16.2 Å². The number of para-hydroxylation sites is 1. The summed E-state index contributed by atoms with van der Waals surface area (Å²) in [5.74, 6) is -1.56. The van der Waals surface area contributed by atoms with E-state index in [4.69, 9.17) is 0 Å². The molecule has 0 spiro atoms. The van der Waals surface area contributed by atoms with Gasteiger partial charge in [-0.25, -0.2) is 18.1 Å². The van der Waals surface area contributed by atoms with Crippen molar-refractivity contribution >= 4 is 38.4 Å². The molecule has 2 amide bonds. The Morgan fingerprint density at radius 2 is 1.62 bits per heavy atom. The number of aromatic nitrogens is 1. The quantitative estimate of drug-likeness (QED) is 0.276. The number of pyridine rings is 1. The van der Waals surface area contributed by atoms with Gasteiger partial charge in [0.05, 0.1) is 33.8 Å². The molecule has 202 valence electrons. The number of nitrogens with zero attached hydrogens (tertiary/aromatic N) is 1. The number of carbonyl (C=O) groups is 2. The fraction of sp³-hybridized carbons (Fsp3) is 0.179. The number of rotatable bonds is 8. The van der Waals surface area contributed by atoms with Gasteiger partial charge < -0.3 is 5.32 Å². The number of fused-ring (bicyclic) bond motifs is 1. The Balaban J connectivity index is 1.53. The fourth-order valence-corrected chi connectivity index (χ4v) is 4.99. The van der Waals surface area contributed by atoms with Crippen molar-refractivity contribution in [3.63, 3.8) is 0 Å². The monoisotopic (exact) mass is 555 g/mol. The molecule has 0 bridgehead atoms. The van der Waals surface area contributed by atoms with Crippen molar-refractivity contribution in [1.82, 2.24) is 9.71 Å². The summed E-state index contributed by atoms with van der Waals surface area (Å²) >= 11 is 0. The molecule has 1 aromatic heterocycles. The third-order valence-corrected chi connectivity index (χ3v) is 7.22. The molecule has 0 atom stereocenters. The van der Waals surface area contributed by atoms with Crippen LogP contribution in [0, 0.1) is 0 Å². The van der Waals surface area contributed by atoms with Gasteiger partial charge in [-0.1, -0.05) is 43.7 Å². The van der Waals surface area contributed by atoms with Crippen LogP contribution in [0.1, 0.15) is 46.0 Å². The largest absolute Gasteiger partial charge is 0.416 e. The first-order chi connectivity index (χ1) is 18.5. The van der Waals surface area contributed by atoms with Gasteiger partial charge in [-0.05, 0) is 55.0 Å². The van der Waals surface area contributed by atoms with Crippen LogP contribution in [0.2, 0.25) is 0 Å². The lowest BCUT2D eigenvalue weighted by atomic mass is 10.1. The van der Waals surface area contributed by atoms with Crippen LogP contribution in [0.5, 0.6) is 0 Å². The van der Waals surface area contributed by atoms with E-state index in [1.165, 1.54) is 30.3 Å². The molecule has 4 aromatic rings. The van der Waals surface area contributed by atoms with E-state index in [0.717, 1.165) is 12.1 Å². The van der Waals surface area contributed by atoms with Crippen molar-refractivity contribution in [3.05, 3.63) is 95.6 Å². The number of nitrogens with one attached hydrogen (secondary N) is 2. The van der Waals surface area contributed by atoms with Crippen molar-refractivity contribution < 1.29 is 31.2 Å². The summed E-state index contributed by atoms with van der Waals surface area (Å²) in [7, 11) is -3.81. The van der Waals surface area contributed by atoms with Crippen molar-refractivity contribution in [2.75, 3.05) is 11.1 Å². The van der Waals surface area contributed by atoms with Gasteiger partial charge in [0.2, 0.25) is 10.0 Å². The van der Waals surface area contributed by atoms with E-state index in [0.29, 0.717) is 35.0 Å². The lowest BCUT2D eigenvalue weighted by Gasteiger charge is -2.12. The van der Waals surface area contributed by atoms with E-state index in [1.807, 2.05) is 11.6 Å². The van der Waals surface area contributed by atoms with Crippen LogP contribution in [-0.4, -0.2) is 31.0 Å². The number of anilines is 1. The molecule has 1 heterocycles. The molecular formula is C28H24F3N3O4S. The number of unbranched alkanes of at least 4 members (excludes halogenated alkanes) is 1. The summed E-state index contributed by atoms with van der Waals surface area (Å²) < 4.78 is 64.9. The normalized spacial score (nSPS) is 11.8. The van der Waals surface area contributed by atoms with Crippen LogP contribution < -0.4 is 10.0 Å². The van der Waals surface area contributed by atoms with Crippen LogP contribution in [0.25, 0.3) is 22.2 Å². The van der Waals surface area contributed by atoms with Crippen molar-refractivity contribution in [1.29, 1.82) is 0 Å². The highest BCUT2D eigenvalue weighted by Gasteiger charge is 2.30. The summed E-state index contributed by atoms with van der Waals surface area (Å²) in [5, 5.41) is 3.27. The molecule has 0 aliphatic rings. The number of carbonyl (C=O) groups excluding carboxylic acids is 2. The molecule has 0 saturated heterocycles. The summed E-state index contributed by atoms with van der Waals surface area (Å²) in [6, 6.07) is 18.8. The summed E-state index contributed by atoms with van der Waals surface area (Å²) in [4.78, 5) is 30.1. The van der Waals surface area contributed by atoms with Crippen LogP contribution in [0.15, 0.2) is 78.9 Å². The predicted octanol–water partition coefficient (Wildman–Crippen LogP) is 6.03. The van der Waals surface area contributed by atoms with E-state index in [1.54, 1.807) is 36.4 Å². The number of halogens is 3. The highest BCUT2D eigenvalue weighted by molar-refractivity contribution is 7.90. The van der Waals surface area contributed by atoms with Crippen LogP contribution in [0.3, 0.4) is 0 Å². The first-order valence-electron chi connectivity index (χ1n) is 12.0. The minimum atomic E-state index is -4.43. The Morgan fingerprint density at radius 3 is 2.31 bits per heavy atom. The number of hydrogen-bond donors (Lipinski definition) is 2. The summed E-state index contributed by atoms with van der Waals surface area (Å²) in [6.45, 7) is 1.84. The van der Waals surface area contributed by atoms with Crippen molar-refractivity contribution in [2.45, 2.75) is 25.9 Å². The zero-order valence-corrected chi connectivity index (χ0v) is 21.6. The van der Waals surface area contributed by atoms with Crippen molar-refractivity contribution in [2.24, 2.45) is 0 Å². The van der Waals surface area contributed by atoms with Crippen LogP contribution in [0.4, 0.5) is 18.9 Å². The third-order valence-electron chi connectivity index (χ3n) is 5.89. The SMILES string of the molecule is CCCCS(=O)(=O)NC(=O)c1ccccc1NC(=O)c1ccc2nc(-c3ccc(C(F)(F)F)cc3)ccc2c1. The third kappa shape index (κ3) is 6.80. The maximum Gasteiger partial charge on any atom is 0.416 e. The Labute approximate surface area is 223 Å². The maximum atomic E-state index is 13.0. The minimum absolute atomic E-state index is 0.00503. The van der Waals surface area contributed by atoms with E-state index < -0.39 is 33.6 Å². The smallest absolute Gasteiger partial charge is 0.321 e. The Morgan fingerprint density at radius 1 is 0.897 bits per heavy atom. The molecule has 0 radical (unpaired) electrons. The standard InChI is InChI=1S/C28H24F3N3O4S/c1-2-3-16-39(37,38)34-27(36)22-6-4-5-7-25(22)33-26(35)20-11-15-24-19(17-20)10-14-23(32-24)18-8-12-21(13-9-18)28(29,30)31/h4-15,17H,2-3,16H2,1H3,(H,33,35)(H,34,36). The average Bonchev–Trinajstić information content (AvgIpc) is 2.91. The maximum absolute atomic E-state index is 13.0. The molecule has 0 fully saturated rings. The zero-order chi connectivity index (χ0) is 28.2. The van der Waals surface area contributed by atoms with Gasteiger partial charge in [-0.15, -0.1) is 0 Å². The van der Waals surface area contributed by atoms with E-state index in [2.05, 4.69) is 10.3 Å². The highest BCUT2D eigenvalue weighted by Crippen LogP contribution is 2.31. The highest BCUT2D eigenvalue weighted by atomic mass is 32.2. The molecule has 39 heavy (non-hydrogen) atoms. The number of hydrogen-bond acceptors (Lipinski definition) is 5. The average molecular weight is 556 g/mol. The van der Waals surface area contributed by atoms with Gasteiger partial charge >= 0.3 is 6.18 Å². The minimum Gasteiger partial charge on any atom is -0.321 e. The van der Waals surface area contributed by atoms with Gasteiger partial charge in [-0.3, -0.25) is 9.59 Å². The van der Waals surface area contributed by atoms with Gasteiger partial charge in [-0.2, -0.15) is 13.2 Å². The topological polar surface area (TPSA) is 105 Å². The lowest BCUT2D eigenvalue weighted by Crippen LogP contribution is -2.33. The van der Waals surface area contributed by atoms with E-state index in [9.17, 15) is 31.2 Å². The molecular weight excluding hydrogens is 531 g/mol. The van der Waals surface area contributed by atoms with Gasteiger partial charge in [0.15, 0.2) is 0 Å². The van der Waals surface area contributed by atoms with Gasteiger partial charge in [0.25, 0.3) is 11.8 Å². The lowest BCUT2D eigenvalue weighted by molar-refractivity contribution is -0.137. The molecule has 2 N–H and O–H groups in total. The Bertz CT molecular complexity index is 1640. The molecule has 11 heteroatoms.